The van der Waals surface area contributed by atoms with Gasteiger partial charge in [0.05, 0.1) is 11.2 Å². The quantitative estimate of drug-likeness (QED) is 0.691. The number of nitrogens with zero attached hydrogens (tertiary/aromatic N) is 4. The smallest absolute Gasteiger partial charge is 0.223 e. The molecule has 0 aromatic carbocycles. The maximum atomic E-state index is 6.10. The standard InChI is InChI=1S/C12H14ClN5S/c1-4-14-11-15-6-9(13)10(18-11)19-12-16-7(2)5-8(3)17-12/h5-6H,4H2,1-3H3,(H,14,15,18). The number of rotatable bonds is 4. The van der Waals surface area contributed by atoms with Gasteiger partial charge >= 0.3 is 0 Å². The molecule has 0 saturated heterocycles. The molecule has 1 N–H and O–H groups in total. The Kier molecular flexibility index (Phi) is 4.55. The van der Waals surface area contributed by atoms with E-state index in [1.807, 2.05) is 26.8 Å². The maximum Gasteiger partial charge on any atom is 0.223 e. The van der Waals surface area contributed by atoms with Gasteiger partial charge in [-0.1, -0.05) is 11.6 Å². The van der Waals surface area contributed by atoms with Crippen molar-refractivity contribution in [3.8, 4) is 0 Å². The summed E-state index contributed by atoms with van der Waals surface area (Å²) in [6, 6.07) is 1.93. The second-order valence-corrected chi connectivity index (χ2v) is 5.28. The molecule has 0 saturated carbocycles. The first kappa shape index (κ1) is 14.0. The molecule has 2 heterocycles. The predicted molar refractivity (Wildman–Crippen MR) is 76.8 cm³/mol. The first-order valence-corrected chi connectivity index (χ1v) is 7.04. The van der Waals surface area contributed by atoms with E-state index in [-0.39, 0.29) is 0 Å². The molecule has 0 atom stereocenters. The van der Waals surface area contributed by atoms with Crippen LogP contribution in [0.15, 0.2) is 22.4 Å². The molecule has 0 unspecified atom stereocenters. The monoisotopic (exact) mass is 295 g/mol. The largest absolute Gasteiger partial charge is 0.354 e. The molecule has 2 rings (SSSR count). The van der Waals surface area contributed by atoms with Gasteiger partial charge in [-0.05, 0) is 38.6 Å². The van der Waals surface area contributed by atoms with E-state index in [4.69, 9.17) is 11.6 Å². The van der Waals surface area contributed by atoms with Crippen LogP contribution in [0.4, 0.5) is 5.95 Å². The van der Waals surface area contributed by atoms with E-state index in [0.717, 1.165) is 17.9 Å². The van der Waals surface area contributed by atoms with Gasteiger partial charge in [0.1, 0.15) is 5.03 Å². The van der Waals surface area contributed by atoms with Crippen LogP contribution in [0.25, 0.3) is 0 Å². The number of nitrogens with one attached hydrogen (secondary N) is 1. The van der Waals surface area contributed by atoms with E-state index in [0.29, 0.717) is 21.2 Å². The molecular formula is C12H14ClN5S. The lowest BCUT2D eigenvalue weighted by molar-refractivity contribution is 0.897. The fourth-order valence-electron chi connectivity index (χ4n) is 1.49. The zero-order chi connectivity index (χ0) is 13.8. The van der Waals surface area contributed by atoms with Crippen molar-refractivity contribution in [2.75, 3.05) is 11.9 Å². The average molecular weight is 296 g/mol. The molecule has 0 spiro atoms. The third-order valence-corrected chi connectivity index (χ3v) is 3.45. The molecule has 0 aliphatic rings. The van der Waals surface area contributed by atoms with E-state index >= 15 is 0 Å². The zero-order valence-corrected chi connectivity index (χ0v) is 12.5. The molecule has 7 heteroatoms. The highest BCUT2D eigenvalue weighted by atomic mass is 35.5. The van der Waals surface area contributed by atoms with Crippen LogP contribution >= 0.6 is 23.4 Å². The van der Waals surface area contributed by atoms with Crippen LogP contribution in [0.5, 0.6) is 0 Å². The summed E-state index contributed by atoms with van der Waals surface area (Å²) in [6.07, 6.45) is 1.58. The van der Waals surface area contributed by atoms with Crippen molar-refractivity contribution >= 4 is 29.3 Å². The fourth-order valence-corrected chi connectivity index (χ4v) is 2.53. The normalized spacial score (nSPS) is 10.5. The summed E-state index contributed by atoms with van der Waals surface area (Å²) in [5.41, 5.74) is 1.85. The van der Waals surface area contributed by atoms with Gasteiger partial charge in [0.25, 0.3) is 0 Å². The summed E-state index contributed by atoms with van der Waals surface area (Å²) in [5.74, 6) is 0.554. The molecule has 0 fully saturated rings. The maximum absolute atomic E-state index is 6.10. The number of hydrogen-bond donors (Lipinski definition) is 1. The van der Waals surface area contributed by atoms with Gasteiger partial charge in [0.15, 0.2) is 5.16 Å². The first-order valence-electron chi connectivity index (χ1n) is 5.85. The Bertz CT molecular complexity index is 570. The zero-order valence-electron chi connectivity index (χ0n) is 10.9. The SMILES string of the molecule is CCNc1ncc(Cl)c(Sc2nc(C)cc(C)n2)n1. The second kappa shape index (κ2) is 6.16. The Morgan fingerprint density at radius 2 is 1.89 bits per heavy atom. The van der Waals surface area contributed by atoms with E-state index in [9.17, 15) is 0 Å². The van der Waals surface area contributed by atoms with Gasteiger partial charge in [-0.2, -0.15) is 0 Å². The summed E-state index contributed by atoms with van der Waals surface area (Å²) < 4.78 is 0. The molecule has 0 aliphatic carbocycles. The van der Waals surface area contributed by atoms with Crippen LogP contribution in [-0.2, 0) is 0 Å². The third kappa shape index (κ3) is 3.78. The highest BCUT2D eigenvalue weighted by molar-refractivity contribution is 7.99. The van der Waals surface area contributed by atoms with Crippen LogP contribution in [0.1, 0.15) is 18.3 Å². The molecule has 2 aromatic rings. The first-order chi connectivity index (χ1) is 9.08. The van der Waals surface area contributed by atoms with Crippen molar-refractivity contribution in [3.05, 3.63) is 28.7 Å². The Labute approximate surface area is 121 Å². The van der Waals surface area contributed by atoms with Crippen molar-refractivity contribution < 1.29 is 0 Å². The van der Waals surface area contributed by atoms with E-state index in [2.05, 4.69) is 25.3 Å². The van der Waals surface area contributed by atoms with Crippen LogP contribution in [0, 0.1) is 13.8 Å². The third-order valence-electron chi connectivity index (χ3n) is 2.20. The molecule has 0 aliphatic heterocycles. The summed E-state index contributed by atoms with van der Waals surface area (Å²) in [6.45, 7) is 6.61. The molecule has 5 nitrogen and oxygen atoms in total. The Morgan fingerprint density at radius 1 is 1.21 bits per heavy atom. The molecule has 19 heavy (non-hydrogen) atoms. The van der Waals surface area contributed by atoms with Crippen LogP contribution in [-0.4, -0.2) is 26.5 Å². The average Bonchev–Trinajstić information content (AvgIpc) is 2.32. The molecule has 100 valence electrons. The number of hydrogen-bond acceptors (Lipinski definition) is 6. The Balaban J connectivity index is 2.28. The number of aryl methyl sites for hydroxylation is 2. The van der Waals surface area contributed by atoms with Crippen molar-refractivity contribution in [1.82, 2.24) is 19.9 Å². The van der Waals surface area contributed by atoms with Gasteiger partial charge in [-0.3, -0.25) is 0 Å². The number of halogens is 1. The number of aromatic nitrogens is 4. The van der Waals surface area contributed by atoms with Crippen LogP contribution in [0.2, 0.25) is 5.02 Å². The lowest BCUT2D eigenvalue weighted by atomic mass is 10.4. The lowest BCUT2D eigenvalue weighted by Crippen LogP contribution is -2.02. The highest BCUT2D eigenvalue weighted by Gasteiger charge is 2.10. The van der Waals surface area contributed by atoms with Gasteiger partial charge in [0.2, 0.25) is 5.95 Å². The number of anilines is 1. The van der Waals surface area contributed by atoms with E-state index in [1.165, 1.54) is 11.8 Å². The Morgan fingerprint density at radius 3 is 2.53 bits per heavy atom. The van der Waals surface area contributed by atoms with Gasteiger partial charge in [-0.15, -0.1) is 0 Å². The fraction of sp³-hybridized carbons (Fsp3) is 0.333. The minimum absolute atomic E-state index is 0.495. The van der Waals surface area contributed by atoms with E-state index < -0.39 is 0 Å². The van der Waals surface area contributed by atoms with Crippen LogP contribution in [0.3, 0.4) is 0 Å². The van der Waals surface area contributed by atoms with Crippen LogP contribution < -0.4 is 5.32 Å². The van der Waals surface area contributed by atoms with Gasteiger partial charge < -0.3 is 5.32 Å². The molecular weight excluding hydrogens is 282 g/mol. The minimum atomic E-state index is 0.495. The summed E-state index contributed by atoms with van der Waals surface area (Å²) >= 11 is 7.43. The summed E-state index contributed by atoms with van der Waals surface area (Å²) in [5, 5.41) is 4.83. The van der Waals surface area contributed by atoms with Crippen molar-refractivity contribution in [2.24, 2.45) is 0 Å². The molecule has 2 aromatic heterocycles. The molecule has 0 bridgehead atoms. The molecule has 0 amide bonds. The predicted octanol–water partition coefficient (Wildman–Crippen LogP) is 3.12. The Hall–Kier alpha value is -1.40. The topological polar surface area (TPSA) is 63.6 Å². The van der Waals surface area contributed by atoms with Crippen molar-refractivity contribution in [2.45, 2.75) is 31.0 Å². The van der Waals surface area contributed by atoms with Gasteiger partial charge in [0, 0.05) is 17.9 Å². The summed E-state index contributed by atoms with van der Waals surface area (Å²) in [4.78, 5) is 17.2. The van der Waals surface area contributed by atoms with Crippen molar-refractivity contribution in [1.29, 1.82) is 0 Å². The second-order valence-electron chi connectivity index (χ2n) is 3.91. The minimum Gasteiger partial charge on any atom is -0.354 e. The van der Waals surface area contributed by atoms with Gasteiger partial charge in [-0.25, -0.2) is 19.9 Å². The molecule has 0 radical (unpaired) electrons. The lowest BCUT2D eigenvalue weighted by Gasteiger charge is -2.06. The highest BCUT2D eigenvalue weighted by Crippen LogP contribution is 2.29. The summed E-state index contributed by atoms with van der Waals surface area (Å²) in [7, 11) is 0. The van der Waals surface area contributed by atoms with Crippen molar-refractivity contribution in [3.63, 3.8) is 0 Å². The van der Waals surface area contributed by atoms with E-state index in [1.54, 1.807) is 6.20 Å².